The number of methoxy groups -OCH3 is 1. The molecule has 1 N–H and O–H groups in total. The monoisotopic (exact) mass is 585 g/mol. The van der Waals surface area contributed by atoms with Crippen LogP contribution in [0.1, 0.15) is 63.6 Å². The van der Waals surface area contributed by atoms with Crippen molar-refractivity contribution in [3.63, 3.8) is 0 Å². The SMILES string of the molecule is COc1ccccc1C(CCN1CCC2(CC1)CCN(Cc1ccc(S(C)(=O)=O)cc1)C2=O)NC(=O)OC(C)(C)C. The molecule has 10 heteroatoms. The summed E-state index contributed by atoms with van der Waals surface area (Å²) in [6.45, 7) is 9.12. The molecule has 224 valence electrons. The first-order chi connectivity index (χ1) is 19.3. The number of benzene rings is 2. The van der Waals surface area contributed by atoms with Crippen LogP contribution in [-0.2, 0) is 25.9 Å². The third kappa shape index (κ3) is 7.80. The molecule has 2 fully saturated rings. The highest BCUT2D eigenvalue weighted by Gasteiger charge is 2.47. The summed E-state index contributed by atoms with van der Waals surface area (Å²) in [6.07, 6.45) is 3.84. The summed E-state index contributed by atoms with van der Waals surface area (Å²) in [5, 5.41) is 3.04. The zero-order valence-corrected chi connectivity index (χ0v) is 25.6. The Morgan fingerprint density at radius 1 is 1.02 bits per heavy atom. The van der Waals surface area contributed by atoms with Crippen molar-refractivity contribution in [2.45, 2.75) is 69.5 Å². The third-order valence-corrected chi connectivity index (χ3v) is 9.21. The average molecular weight is 586 g/mol. The van der Waals surface area contributed by atoms with Gasteiger partial charge in [0.1, 0.15) is 11.4 Å². The normalized spacial score (nSPS) is 18.4. The molecular formula is C31H43N3O6S. The summed E-state index contributed by atoms with van der Waals surface area (Å²) < 4.78 is 34.6. The number of alkyl carbamates (subject to hydrolysis) is 1. The number of amides is 2. The fraction of sp³-hybridized carbons (Fsp3) is 0.548. The van der Waals surface area contributed by atoms with Gasteiger partial charge in [-0.3, -0.25) is 4.79 Å². The fourth-order valence-electron chi connectivity index (χ4n) is 5.80. The van der Waals surface area contributed by atoms with E-state index in [4.69, 9.17) is 9.47 Å². The Balaban J connectivity index is 1.34. The van der Waals surface area contributed by atoms with Gasteiger partial charge in [0.05, 0.1) is 23.5 Å². The zero-order valence-electron chi connectivity index (χ0n) is 24.8. The van der Waals surface area contributed by atoms with Gasteiger partial charge in [-0.2, -0.15) is 0 Å². The number of likely N-dealkylation sites (tertiary alicyclic amines) is 2. The minimum Gasteiger partial charge on any atom is -0.496 e. The number of carbonyl (C=O) groups is 2. The number of hydrogen-bond donors (Lipinski definition) is 1. The second-order valence-electron chi connectivity index (χ2n) is 12.2. The van der Waals surface area contributed by atoms with E-state index in [0.29, 0.717) is 25.3 Å². The van der Waals surface area contributed by atoms with Gasteiger partial charge >= 0.3 is 6.09 Å². The molecule has 2 amide bonds. The Kier molecular flexibility index (Phi) is 9.33. The van der Waals surface area contributed by atoms with Crippen molar-refractivity contribution in [1.82, 2.24) is 15.1 Å². The molecule has 2 aliphatic heterocycles. The highest BCUT2D eigenvalue weighted by Crippen LogP contribution is 2.42. The molecule has 0 saturated carbocycles. The summed E-state index contributed by atoms with van der Waals surface area (Å²) in [5.74, 6) is 0.914. The number of hydrogen-bond acceptors (Lipinski definition) is 7. The molecule has 2 heterocycles. The van der Waals surface area contributed by atoms with Gasteiger partial charge in [0.2, 0.25) is 5.91 Å². The number of ether oxygens (including phenoxy) is 2. The predicted molar refractivity (Wildman–Crippen MR) is 157 cm³/mol. The molecule has 41 heavy (non-hydrogen) atoms. The van der Waals surface area contributed by atoms with Crippen molar-refractivity contribution in [3.8, 4) is 5.75 Å². The van der Waals surface area contributed by atoms with Crippen molar-refractivity contribution in [2.75, 3.05) is 39.5 Å². The van der Waals surface area contributed by atoms with Crippen LogP contribution in [0, 0.1) is 5.41 Å². The zero-order chi connectivity index (χ0) is 29.8. The van der Waals surface area contributed by atoms with Crippen LogP contribution in [-0.4, -0.2) is 75.4 Å². The van der Waals surface area contributed by atoms with Crippen LogP contribution in [0.2, 0.25) is 0 Å². The maximum absolute atomic E-state index is 13.5. The number of para-hydroxylation sites is 1. The molecule has 4 rings (SSSR count). The summed E-state index contributed by atoms with van der Waals surface area (Å²) >= 11 is 0. The molecule has 2 aliphatic rings. The molecule has 2 aromatic rings. The van der Waals surface area contributed by atoms with Crippen molar-refractivity contribution >= 4 is 21.8 Å². The van der Waals surface area contributed by atoms with Crippen LogP contribution >= 0.6 is 0 Å². The number of nitrogens with zero attached hydrogens (tertiary/aromatic N) is 2. The van der Waals surface area contributed by atoms with Crippen molar-refractivity contribution in [1.29, 1.82) is 0 Å². The fourth-order valence-corrected chi connectivity index (χ4v) is 6.43. The van der Waals surface area contributed by atoms with Crippen LogP contribution in [0.4, 0.5) is 4.79 Å². The Hall–Kier alpha value is -3.11. The Morgan fingerprint density at radius 2 is 1.66 bits per heavy atom. The van der Waals surface area contributed by atoms with Gasteiger partial charge in [-0.05, 0) is 83.3 Å². The lowest BCUT2D eigenvalue weighted by atomic mass is 9.77. The summed E-state index contributed by atoms with van der Waals surface area (Å²) in [6, 6.07) is 14.2. The number of piperidine rings is 1. The first-order valence-electron chi connectivity index (χ1n) is 14.2. The second kappa shape index (κ2) is 12.4. The highest BCUT2D eigenvalue weighted by molar-refractivity contribution is 7.90. The smallest absolute Gasteiger partial charge is 0.408 e. The lowest BCUT2D eigenvalue weighted by molar-refractivity contribution is -0.138. The quantitative estimate of drug-likeness (QED) is 0.460. The van der Waals surface area contributed by atoms with E-state index in [0.717, 1.165) is 50.0 Å². The molecule has 0 aromatic heterocycles. The van der Waals surface area contributed by atoms with Crippen LogP contribution in [0.5, 0.6) is 5.75 Å². The molecule has 2 aromatic carbocycles. The Labute approximate surface area is 244 Å². The lowest BCUT2D eigenvalue weighted by Crippen LogP contribution is -2.45. The molecule has 1 atom stereocenters. The van der Waals surface area contributed by atoms with Gasteiger partial charge in [0.15, 0.2) is 9.84 Å². The van der Waals surface area contributed by atoms with E-state index in [1.165, 1.54) is 6.26 Å². The molecule has 9 nitrogen and oxygen atoms in total. The lowest BCUT2D eigenvalue weighted by Gasteiger charge is -2.38. The summed E-state index contributed by atoms with van der Waals surface area (Å²) in [7, 11) is -1.62. The average Bonchev–Trinajstić information content (AvgIpc) is 3.20. The maximum atomic E-state index is 13.5. The Morgan fingerprint density at radius 3 is 2.27 bits per heavy atom. The van der Waals surface area contributed by atoms with Crippen molar-refractivity contribution in [3.05, 3.63) is 59.7 Å². The van der Waals surface area contributed by atoms with E-state index < -0.39 is 21.5 Å². The van der Waals surface area contributed by atoms with Crippen LogP contribution in [0.25, 0.3) is 0 Å². The van der Waals surface area contributed by atoms with Gasteiger partial charge < -0.3 is 24.6 Å². The number of carbonyl (C=O) groups excluding carboxylic acids is 2. The second-order valence-corrected chi connectivity index (χ2v) is 14.3. The topological polar surface area (TPSA) is 105 Å². The molecule has 1 unspecified atom stereocenters. The van der Waals surface area contributed by atoms with Crippen LogP contribution < -0.4 is 10.1 Å². The Bertz CT molecular complexity index is 1330. The van der Waals surface area contributed by atoms with E-state index in [1.807, 2.05) is 49.9 Å². The van der Waals surface area contributed by atoms with Crippen molar-refractivity contribution in [2.24, 2.45) is 5.41 Å². The summed E-state index contributed by atoms with van der Waals surface area (Å²) in [4.78, 5) is 30.7. The van der Waals surface area contributed by atoms with E-state index in [-0.39, 0.29) is 22.3 Å². The molecular weight excluding hydrogens is 542 g/mol. The van der Waals surface area contributed by atoms with E-state index in [1.54, 1.807) is 31.4 Å². The largest absolute Gasteiger partial charge is 0.496 e. The first kappa shape index (κ1) is 30.8. The van der Waals surface area contributed by atoms with E-state index in [2.05, 4.69) is 10.2 Å². The van der Waals surface area contributed by atoms with Gasteiger partial charge in [0, 0.05) is 31.5 Å². The number of nitrogens with one attached hydrogen (secondary N) is 1. The third-order valence-electron chi connectivity index (χ3n) is 8.08. The van der Waals surface area contributed by atoms with Gasteiger partial charge in [-0.25, -0.2) is 13.2 Å². The van der Waals surface area contributed by atoms with Gasteiger partial charge in [-0.15, -0.1) is 0 Å². The van der Waals surface area contributed by atoms with Gasteiger partial charge in [-0.1, -0.05) is 30.3 Å². The maximum Gasteiger partial charge on any atom is 0.408 e. The van der Waals surface area contributed by atoms with Crippen LogP contribution in [0.15, 0.2) is 53.4 Å². The van der Waals surface area contributed by atoms with Crippen molar-refractivity contribution < 1.29 is 27.5 Å². The van der Waals surface area contributed by atoms with E-state index in [9.17, 15) is 18.0 Å². The first-order valence-corrected chi connectivity index (χ1v) is 16.1. The number of sulfone groups is 1. The molecule has 0 bridgehead atoms. The minimum atomic E-state index is -3.25. The molecule has 0 radical (unpaired) electrons. The highest BCUT2D eigenvalue weighted by atomic mass is 32.2. The minimum absolute atomic E-state index is 0.197. The molecule has 2 saturated heterocycles. The predicted octanol–water partition coefficient (Wildman–Crippen LogP) is 4.57. The number of rotatable bonds is 9. The van der Waals surface area contributed by atoms with Gasteiger partial charge in [0.25, 0.3) is 0 Å². The van der Waals surface area contributed by atoms with E-state index >= 15 is 0 Å². The standard InChI is InChI=1S/C31H43N3O6S/c1-30(2,3)40-29(36)32-26(25-8-6-7-9-27(25)39-4)14-18-33-19-15-31(16-20-33)17-21-34(28(31)35)22-23-10-12-24(13-11-23)41(5,37)38/h6-13,26H,14-22H2,1-5H3,(H,32,36). The van der Waals surface area contributed by atoms with Crippen LogP contribution in [0.3, 0.4) is 0 Å². The molecule has 0 aliphatic carbocycles. The molecule has 1 spiro atoms. The summed E-state index contributed by atoms with van der Waals surface area (Å²) in [5.41, 5.74) is 0.901.